The van der Waals surface area contributed by atoms with Crippen LogP contribution in [-0.2, 0) is 5.41 Å². The van der Waals surface area contributed by atoms with Crippen molar-refractivity contribution in [3.05, 3.63) is 222 Å². The summed E-state index contributed by atoms with van der Waals surface area (Å²) in [5.41, 5.74) is 15.2. The second kappa shape index (κ2) is 13.2. The molecule has 1 aliphatic carbocycles. The van der Waals surface area contributed by atoms with Gasteiger partial charge in [0.25, 0.3) is 0 Å². The molecule has 0 atom stereocenters. The van der Waals surface area contributed by atoms with Crippen LogP contribution in [-0.4, -0.2) is 15.0 Å². The number of aromatic nitrogens is 3. The first-order valence-electron chi connectivity index (χ1n) is 18.9. The predicted octanol–water partition coefficient (Wildman–Crippen LogP) is 13.0. The summed E-state index contributed by atoms with van der Waals surface area (Å²) in [6, 6.07) is 71.6. The third kappa shape index (κ3) is 5.03. The minimum atomic E-state index is -0.418. The van der Waals surface area contributed by atoms with Crippen LogP contribution in [0.25, 0.3) is 67.5 Å². The minimum Gasteiger partial charge on any atom is -0.208 e. The highest BCUT2D eigenvalue weighted by atomic mass is 32.2. The number of rotatable bonds is 5. The molecule has 9 aromatic rings. The largest absolute Gasteiger partial charge is 0.208 e. The lowest BCUT2D eigenvalue weighted by molar-refractivity contribution is 0.723. The third-order valence-electron chi connectivity index (χ3n) is 11.2. The highest BCUT2D eigenvalue weighted by Gasteiger charge is 2.50. The number of benzene rings is 8. The molecular formula is C52H33N3S. The third-order valence-corrected chi connectivity index (χ3v) is 12.5. The van der Waals surface area contributed by atoms with Gasteiger partial charge in [-0.3, -0.25) is 0 Å². The summed E-state index contributed by atoms with van der Waals surface area (Å²) in [5.74, 6) is 1.95. The van der Waals surface area contributed by atoms with Crippen molar-refractivity contribution >= 4 is 11.8 Å². The van der Waals surface area contributed by atoms with Crippen LogP contribution in [0.4, 0.5) is 0 Å². The van der Waals surface area contributed by atoms with Gasteiger partial charge in [-0.2, -0.15) is 0 Å². The Morgan fingerprint density at radius 3 is 1.29 bits per heavy atom. The van der Waals surface area contributed by atoms with Crippen LogP contribution < -0.4 is 0 Å². The van der Waals surface area contributed by atoms with Crippen LogP contribution in [0.15, 0.2) is 210 Å². The summed E-state index contributed by atoms with van der Waals surface area (Å²) >= 11 is 1.89. The molecule has 0 saturated heterocycles. The van der Waals surface area contributed by atoms with Gasteiger partial charge in [0.2, 0.25) is 0 Å². The molecule has 4 heteroatoms. The van der Waals surface area contributed by atoms with Gasteiger partial charge in [-0.05, 0) is 61.7 Å². The zero-order valence-corrected chi connectivity index (χ0v) is 31.1. The van der Waals surface area contributed by atoms with E-state index in [0.717, 1.165) is 22.3 Å². The van der Waals surface area contributed by atoms with Crippen LogP contribution in [0.5, 0.6) is 0 Å². The normalized spacial score (nSPS) is 13.1. The first-order chi connectivity index (χ1) is 27.8. The first kappa shape index (κ1) is 32.5. The van der Waals surface area contributed by atoms with Gasteiger partial charge >= 0.3 is 0 Å². The van der Waals surface area contributed by atoms with Crippen molar-refractivity contribution < 1.29 is 0 Å². The first-order valence-corrected chi connectivity index (χ1v) is 19.8. The molecular weight excluding hydrogens is 699 g/mol. The van der Waals surface area contributed by atoms with Crippen LogP contribution >= 0.6 is 11.8 Å². The zero-order chi connectivity index (χ0) is 37.1. The molecule has 2 aliphatic rings. The van der Waals surface area contributed by atoms with Crippen molar-refractivity contribution in [2.45, 2.75) is 15.2 Å². The lowest BCUT2D eigenvalue weighted by Crippen LogP contribution is -2.32. The van der Waals surface area contributed by atoms with Gasteiger partial charge in [0.15, 0.2) is 17.5 Å². The van der Waals surface area contributed by atoms with E-state index in [2.05, 4.69) is 140 Å². The lowest BCUT2D eigenvalue weighted by atomic mass is 9.67. The van der Waals surface area contributed by atoms with E-state index in [-0.39, 0.29) is 0 Å². The Morgan fingerprint density at radius 1 is 0.286 bits per heavy atom. The van der Waals surface area contributed by atoms with Crippen LogP contribution in [0.2, 0.25) is 0 Å². The summed E-state index contributed by atoms with van der Waals surface area (Å²) in [6.45, 7) is 0. The fraction of sp³-hybridized carbons (Fsp3) is 0.0192. The molecule has 1 spiro atoms. The standard InChI is InChI=1S/C52H33N3S/c1-3-16-35(17-4-1)49-53-50(36-18-5-2-6-19-36)55-51(54-49)37-32-30-34(31-33-37)38-20-7-8-21-39(38)42-24-15-28-46-48(42)56-47-29-14-13-27-45(47)52(46)43-25-11-9-22-40(43)41-23-10-12-26-44(41)52/h1-33H. The number of hydrogen-bond acceptors (Lipinski definition) is 4. The molecule has 0 saturated carbocycles. The SMILES string of the molecule is c1ccc(-c2nc(-c3ccccc3)nc(-c3ccc(-c4ccccc4-c4cccc5c4Sc4ccccc4C54c5ccccc5-c5ccccc54)cc3)n2)cc1. The fourth-order valence-corrected chi connectivity index (χ4v) is 10.1. The lowest BCUT2D eigenvalue weighted by Gasteiger charge is -2.40. The molecule has 8 aromatic carbocycles. The van der Waals surface area contributed by atoms with Crippen molar-refractivity contribution in [3.63, 3.8) is 0 Å². The number of hydrogen-bond donors (Lipinski definition) is 0. The Labute approximate surface area is 330 Å². The summed E-state index contributed by atoms with van der Waals surface area (Å²) in [5, 5.41) is 0. The van der Waals surface area contributed by atoms with Gasteiger partial charge < -0.3 is 0 Å². The highest BCUT2D eigenvalue weighted by molar-refractivity contribution is 7.99. The molecule has 0 radical (unpaired) electrons. The van der Waals surface area contributed by atoms with E-state index in [0.29, 0.717) is 17.5 Å². The van der Waals surface area contributed by atoms with Gasteiger partial charge in [0.05, 0.1) is 5.41 Å². The van der Waals surface area contributed by atoms with Crippen molar-refractivity contribution in [3.8, 4) is 67.5 Å². The van der Waals surface area contributed by atoms with E-state index in [4.69, 9.17) is 15.0 Å². The molecule has 1 aliphatic heterocycles. The monoisotopic (exact) mass is 731 g/mol. The van der Waals surface area contributed by atoms with E-state index in [1.54, 1.807) is 0 Å². The Balaban J connectivity index is 1.05. The van der Waals surface area contributed by atoms with E-state index < -0.39 is 5.41 Å². The van der Waals surface area contributed by atoms with Crippen molar-refractivity contribution in [1.29, 1.82) is 0 Å². The molecule has 0 unspecified atom stereocenters. The van der Waals surface area contributed by atoms with E-state index in [9.17, 15) is 0 Å². The molecule has 1 aromatic heterocycles. The topological polar surface area (TPSA) is 38.7 Å². The predicted molar refractivity (Wildman–Crippen MR) is 228 cm³/mol. The van der Waals surface area contributed by atoms with E-state index in [1.165, 1.54) is 59.9 Å². The van der Waals surface area contributed by atoms with E-state index in [1.807, 2.05) is 72.4 Å². The highest BCUT2D eigenvalue weighted by Crippen LogP contribution is 2.63. The van der Waals surface area contributed by atoms with Gasteiger partial charge in [-0.15, -0.1) is 0 Å². The smallest absolute Gasteiger partial charge is 0.164 e. The van der Waals surface area contributed by atoms with Gasteiger partial charge in [-0.1, -0.05) is 206 Å². The van der Waals surface area contributed by atoms with Crippen LogP contribution in [0.1, 0.15) is 22.3 Å². The Bertz CT molecular complexity index is 2840. The van der Waals surface area contributed by atoms with Crippen molar-refractivity contribution in [2.24, 2.45) is 0 Å². The molecule has 0 fully saturated rings. The Kier molecular flexibility index (Phi) is 7.64. The molecule has 56 heavy (non-hydrogen) atoms. The van der Waals surface area contributed by atoms with Crippen molar-refractivity contribution in [1.82, 2.24) is 15.0 Å². The van der Waals surface area contributed by atoms with Crippen molar-refractivity contribution in [2.75, 3.05) is 0 Å². The summed E-state index contributed by atoms with van der Waals surface area (Å²) < 4.78 is 0. The second-order valence-corrected chi connectivity index (χ2v) is 15.3. The summed E-state index contributed by atoms with van der Waals surface area (Å²) in [7, 11) is 0. The summed E-state index contributed by atoms with van der Waals surface area (Å²) in [4.78, 5) is 17.4. The van der Waals surface area contributed by atoms with Crippen LogP contribution in [0.3, 0.4) is 0 Å². The zero-order valence-electron chi connectivity index (χ0n) is 30.3. The molecule has 0 amide bonds. The second-order valence-electron chi connectivity index (χ2n) is 14.3. The molecule has 262 valence electrons. The fourth-order valence-electron chi connectivity index (χ4n) is 8.80. The minimum absolute atomic E-state index is 0.418. The Morgan fingerprint density at radius 2 is 0.696 bits per heavy atom. The maximum absolute atomic E-state index is 4.98. The quantitative estimate of drug-likeness (QED) is 0.177. The average Bonchev–Trinajstić information content (AvgIpc) is 3.57. The van der Waals surface area contributed by atoms with Crippen LogP contribution in [0, 0.1) is 0 Å². The average molecular weight is 732 g/mol. The maximum Gasteiger partial charge on any atom is 0.164 e. The molecule has 0 N–H and O–H groups in total. The van der Waals surface area contributed by atoms with Gasteiger partial charge in [0, 0.05) is 26.5 Å². The molecule has 0 bridgehead atoms. The molecule has 11 rings (SSSR count). The number of nitrogens with zero attached hydrogens (tertiary/aromatic N) is 3. The van der Waals surface area contributed by atoms with Gasteiger partial charge in [0.1, 0.15) is 0 Å². The van der Waals surface area contributed by atoms with E-state index >= 15 is 0 Å². The van der Waals surface area contributed by atoms with Gasteiger partial charge in [-0.25, -0.2) is 15.0 Å². The molecule has 3 nitrogen and oxygen atoms in total. The maximum atomic E-state index is 4.98. The Hall–Kier alpha value is -6.88. The number of fused-ring (bicyclic) bond motifs is 9. The summed E-state index contributed by atoms with van der Waals surface area (Å²) in [6.07, 6.45) is 0. The molecule has 2 heterocycles.